The Kier molecular flexibility index (Phi) is 8.31. The van der Waals surface area contributed by atoms with Crippen LogP contribution in [0.15, 0.2) is 206 Å². The van der Waals surface area contributed by atoms with E-state index in [0.717, 1.165) is 66.3 Å². The van der Waals surface area contributed by atoms with Gasteiger partial charge in [-0.15, -0.1) is 0 Å². The van der Waals surface area contributed by atoms with Gasteiger partial charge >= 0.3 is 0 Å². The van der Waals surface area contributed by atoms with Crippen LogP contribution in [0.2, 0.25) is 0 Å². The van der Waals surface area contributed by atoms with Crippen molar-refractivity contribution >= 4 is 43.6 Å². The summed E-state index contributed by atoms with van der Waals surface area (Å²) in [6.07, 6.45) is 0. The van der Waals surface area contributed by atoms with Crippen LogP contribution in [0.4, 0.5) is 0 Å². The van der Waals surface area contributed by atoms with Gasteiger partial charge < -0.3 is 4.57 Å². The van der Waals surface area contributed by atoms with E-state index in [1.807, 2.05) is 109 Å². The Balaban J connectivity index is 1.08. The summed E-state index contributed by atoms with van der Waals surface area (Å²) >= 11 is 0. The average molecular weight is 795 g/mol. The molecule has 12 rings (SSSR count). The van der Waals surface area contributed by atoms with Gasteiger partial charge in [-0.05, 0) is 42.5 Å². The first kappa shape index (κ1) is 35.3. The van der Waals surface area contributed by atoms with Crippen molar-refractivity contribution < 1.29 is 0 Å². The van der Waals surface area contributed by atoms with Crippen molar-refractivity contribution in [2.45, 2.75) is 0 Å². The maximum Gasteiger partial charge on any atom is 0.238 e. The number of nitrogens with zero attached hydrogens (tertiary/aromatic N) is 8. The predicted molar refractivity (Wildman–Crippen MR) is 249 cm³/mol. The molecule has 0 fully saturated rings. The van der Waals surface area contributed by atoms with E-state index in [9.17, 15) is 0 Å². The van der Waals surface area contributed by atoms with Crippen LogP contribution in [0.3, 0.4) is 0 Å². The first-order chi connectivity index (χ1) is 30.7. The Hall–Kier alpha value is -8.62. The van der Waals surface area contributed by atoms with Crippen LogP contribution in [0.25, 0.3) is 112 Å². The van der Waals surface area contributed by atoms with Gasteiger partial charge in [0.15, 0.2) is 29.1 Å². The van der Waals surface area contributed by atoms with E-state index in [4.69, 9.17) is 29.9 Å². The SMILES string of the molecule is c1ccc(-c2nc(-c3ccccc3)nc(-c3cccc(-c4nc(-c5ccccc5)nc(-n5c6ccccc6c6c7c8ccccc8n(-c8ccccc8)c7ccc65)n4)c3)n2)cc1. The minimum absolute atomic E-state index is 0.523. The van der Waals surface area contributed by atoms with Gasteiger partial charge in [-0.1, -0.05) is 164 Å². The van der Waals surface area contributed by atoms with Crippen LogP contribution in [0.5, 0.6) is 0 Å². The third-order valence-corrected chi connectivity index (χ3v) is 11.4. The zero-order chi connectivity index (χ0) is 41.0. The fourth-order valence-corrected chi connectivity index (χ4v) is 8.63. The molecule has 0 saturated heterocycles. The molecule has 4 aromatic heterocycles. The van der Waals surface area contributed by atoms with Crippen molar-refractivity contribution in [3.8, 4) is 68.6 Å². The molecule has 8 aromatic carbocycles. The molecule has 8 heteroatoms. The summed E-state index contributed by atoms with van der Waals surface area (Å²) in [5.74, 6) is 3.38. The van der Waals surface area contributed by atoms with E-state index < -0.39 is 0 Å². The summed E-state index contributed by atoms with van der Waals surface area (Å²) in [5, 5.41) is 4.63. The summed E-state index contributed by atoms with van der Waals surface area (Å²) in [6.45, 7) is 0. The fraction of sp³-hybridized carbons (Fsp3) is 0. The molecule has 8 nitrogen and oxygen atoms in total. The smallest absolute Gasteiger partial charge is 0.238 e. The Labute approximate surface area is 356 Å². The second-order valence-corrected chi connectivity index (χ2v) is 15.2. The van der Waals surface area contributed by atoms with E-state index >= 15 is 0 Å². The summed E-state index contributed by atoms with van der Waals surface area (Å²) in [7, 11) is 0. The first-order valence-electron chi connectivity index (χ1n) is 20.6. The average Bonchev–Trinajstić information content (AvgIpc) is 3.88. The van der Waals surface area contributed by atoms with Gasteiger partial charge in [-0.25, -0.2) is 19.9 Å². The monoisotopic (exact) mass is 794 g/mol. The number of hydrogen-bond donors (Lipinski definition) is 0. The Morgan fingerprint density at radius 2 is 0.613 bits per heavy atom. The van der Waals surface area contributed by atoms with Crippen molar-refractivity contribution in [1.82, 2.24) is 39.0 Å². The lowest BCUT2D eigenvalue weighted by atomic mass is 10.1. The minimum Gasteiger partial charge on any atom is -0.309 e. The van der Waals surface area contributed by atoms with Gasteiger partial charge in [0.05, 0.1) is 22.1 Å². The largest absolute Gasteiger partial charge is 0.309 e. The van der Waals surface area contributed by atoms with Gasteiger partial charge in [-0.3, -0.25) is 4.57 Å². The third-order valence-electron chi connectivity index (χ3n) is 11.4. The molecular weight excluding hydrogens is 761 g/mol. The molecule has 0 aliphatic rings. The molecule has 0 unspecified atom stereocenters. The van der Waals surface area contributed by atoms with Gasteiger partial charge in [0.2, 0.25) is 5.95 Å². The number of aromatic nitrogens is 8. The molecule has 0 spiro atoms. The first-order valence-corrected chi connectivity index (χ1v) is 20.6. The topological polar surface area (TPSA) is 87.2 Å². The van der Waals surface area contributed by atoms with Crippen molar-refractivity contribution in [2.75, 3.05) is 0 Å². The van der Waals surface area contributed by atoms with Gasteiger partial charge in [0, 0.05) is 55.0 Å². The van der Waals surface area contributed by atoms with E-state index in [0.29, 0.717) is 35.1 Å². The Bertz CT molecular complexity index is 3560. The lowest BCUT2D eigenvalue weighted by Crippen LogP contribution is -2.06. The molecule has 62 heavy (non-hydrogen) atoms. The lowest BCUT2D eigenvalue weighted by molar-refractivity contribution is 0.953. The number of rotatable bonds is 7. The van der Waals surface area contributed by atoms with Crippen molar-refractivity contribution in [1.29, 1.82) is 0 Å². The van der Waals surface area contributed by atoms with Crippen molar-refractivity contribution in [3.05, 3.63) is 206 Å². The summed E-state index contributed by atoms with van der Waals surface area (Å²) in [4.78, 5) is 30.6. The van der Waals surface area contributed by atoms with Crippen LogP contribution in [0.1, 0.15) is 0 Å². The molecule has 12 aromatic rings. The molecule has 0 aliphatic heterocycles. The van der Waals surface area contributed by atoms with Gasteiger partial charge in [0.1, 0.15) is 0 Å². The Morgan fingerprint density at radius 3 is 1.11 bits per heavy atom. The lowest BCUT2D eigenvalue weighted by Gasteiger charge is -2.12. The summed E-state index contributed by atoms with van der Waals surface area (Å²) < 4.78 is 4.54. The standard InChI is InChI=1S/C54H34N8/c1-5-18-35(19-6-1)49-55-50(36-20-7-2-8-21-36)57-52(56-49)38-24-17-25-39(34-38)53-58-51(37-22-9-3-10-23-37)59-54(60-53)62-44-31-16-14-29-42(44)48-46(62)33-32-45-47(48)41-28-13-15-30-43(41)61(45)40-26-11-4-12-27-40/h1-34H. The zero-order valence-electron chi connectivity index (χ0n) is 33.2. The highest BCUT2D eigenvalue weighted by molar-refractivity contribution is 6.28. The van der Waals surface area contributed by atoms with E-state index in [-0.39, 0.29) is 0 Å². The van der Waals surface area contributed by atoms with Crippen LogP contribution < -0.4 is 0 Å². The van der Waals surface area contributed by atoms with E-state index in [1.165, 1.54) is 10.8 Å². The molecule has 0 amide bonds. The predicted octanol–water partition coefficient (Wildman–Crippen LogP) is 12.6. The molecule has 0 saturated carbocycles. The minimum atomic E-state index is 0.523. The molecule has 0 radical (unpaired) electrons. The van der Waals surface area contributed by atoms with E-state index in [1.54, 1.807) is 0 Å². The molecule has 290 valence electrons. The summed E-state index contributed by atoms with van der Waals surface area (Å²) in [5.41, 5.74) is 9.74. The maximum atomic E-state index is 5.31. The molecule has 0 N–H and O–H groups in total. The van der Waals surface area contributed by atoms with Crippen LogP contribution >= 0.6 is 0 Å². The Morgan fingerprint density at radius 1 is 0.258 bits per heavy atom. The van der Waals surface area contributed by atoms with Crippen LogP contribution in [-0.2, 0) is 0 Å². The number of para-hydroxylation sites is 3. The second-order valence-electron chi connectivity index (χ2n) is 15.2. The third kappa shape index (κ3) is 5.92. The van der Waals surface area contributed by atoms with Gasteiger partial charge in [-0.2, -0.15) is 9.97 Å². The molecule has 0 bridgehead atoms. The maximum absolute atomic E-state index is 5.31. The van der Waals surface area contributed by atoms with Crippen LogP contribution in [-0.4, -0.2) is 39.0 Å². The molecule has 0 aliphatic carbocycles. The van der Waals surface area contributed by atoms with Crippen LogP contribution in [0, 0.1) is 0 Å². The summed E-state index contributed by atoms with van der Waals surface area (Å²) in [6, 6.07) is 70.4. The number of hydrogen-bond acceptors (Lipinski definition) is 6. The highest BCUT2D eigenvalue weighted by Crippen LogP contribution is 2.42. The molecule has 0 atom stereocenters. The molecular formula is C54H34N8. The van der Waals surface area contributed by atoms with E-state index in [2.05, 4.69) is 106 Å². The molecule has 4 heterocycles. The number of fused-ring (bicyclic) bond motifs is 7. The fourth-order valence-electron chi connectivity index (χ4n) is 8.63. The quantitative estimate of drug-likeness (QED) is 0.160. The zero-order valence-corrected chi connectivity index (χ0v) is 33.2. The normalized spacial score (nSPS) is 11.5. The van der Waals surface area contributed by atoms with Crippen molar-refractivity contribution in [3.63, 3.8) is 0 Å². The van der Waals surface area contributed by atoms with Gasteiger partial charge in [0.25, 0.3) is 0 Å². The van der Waals surface area contributed by atoms with Crippen molar-refractivity contribution in [2.24, 2.45) is 0 Å². The highest BCUT2D eigenvalue weighted by Gasteiger charge is 2.23. The second kappa shape index (κ2) is 14.6. The number of benzene rings is 8. The highest BCUT2D eigenvalue weighted by atomic mass is 15.2.